The molecule has 3 aliphatic heterocycles. The van der Waals surface area contributed by atoms with Crippen LogP contribution in [0.2, 0.25) is 0 Å². The predicted molar refractivity (Wildman–Crippen MR) is 439 cm³/mol. The fourth-order valence-corrected chi connectivity index (χ4v) is 15.5. The number of rotatable bonds is 74. The molecular weight excluding hydrogens is 1380 g/mol. The molecular formula is C90H167NO18. The normalized spacial score (nSPS) is 25.5. The first-order valence-corrected chi connectivity index (χ1v) is 45.4. The van der Waals surface area contributed by atoms with E-state index < -0.39 is 124 Å². The van der Waals surface area contributed by atoms with Crippen molar-refractivity contribution in [3.8, 4) is 0 Å². The van der Waals surface area contributed by atoms with E-state index in [4.69, 9.17) is 28.4 Å². The van der Waals surface area contributed by atoms with Crippen LogP contribution in [0.25, 0.3) is 0 Å². The van der Waals surface area contributed by atoms with Crippen LogP contribution in [0, 0.1) is 0 Å². The van der Waals surface area contributed by atoms with Gasteiger partial charge in [0, 0.05) is 6.42 Å². The Hall–Kier alpha value is -2.25. The van der Waals surface area contributed by atoms with Crippen LogP contribution in [-0.4, -0.2) is 193 Å². The summed E-state index contributed by atoms with van der Waals surface area (Å²) in [4.78, 5) is 13.5. The number of allylic oxidation sites excluding steroid dienone is 8. The van der Waals surface area contributed by atoms with E-state index in [1.165, 1.54) is 283 Å². The summed E-state index contributed by atoms with van der Waals surface area (Å²) in [5.74, 6) is -0.234. The first-order valence-electron chi connectivity index (χ1n) is 45.4. The van der Waals surface area contributed by atoms with Crippen LogP contribution in [0.15, 0.2) is 48.6 Å². The number of ether oxygens (including phenoxy) is 6. The lowest BCUT2D eigenvalue weighted by atomic mass is 9.96. The van der Waals surface area contributed by atoms with Gasteiger partial charge in [0.25, 0.3) is 0 Å². The number of amides is 1. The highest BCUT2D eigenvalue weighted by Gasteiger charge is 2.54. The minimum absolute atomic E-state index is 0.234. The van der Waals surface area contributed by atoms with Crippen molar-refractivity contribution in [3.63, 3.8) is 0 Å². The van der Waals surface area contributed by atoms with E-state index in [-0.39, 0.29) is 18.9 Å². The monoisotopic (exact) mass is 1550 g/mol. The maximum Gasteiger partial charge on any atom is 0.220 e. The SMILES string of the molecule is CC/C=C\C/C=C\C/C=C\C/C=C\CCCCCCCCCCCCCCCCCCCCCCCCCCC(=O)NC(COC1OC(CO)C(OC2OC(CO)C(OC3OC(CO)C(O)C(O)C3O)C(O)C2O)C(O)C1O)C(O)CCCCCCCCCCCCCCCCCCCCCCCCCCCCC. The van der Waals surface area contributed by atoms with Crippen molar-refractivity contribution in [2.75, 3.05) is 26.4 Å². The molecule has 3 saturated heterocycles. The van der Waals surface area contributed by atoms with Crippen LogP contribution < -0.4 is 5.32 Å². The number of hydrogen-bond acceptors (Lipinski definition) is 18. The number of aliphatic hydroxyl groups is 11. The Bertz CT molecular complexity index is 2150. The molecule has 19 heteroatoms. The fraction of sp³-hybridized carbons (Fsp3) is 0.900. The van der Waals surface area contributed by atoms with E-state index >= 15 is 0 Å². The molecule has 109 heavy (non-hydrogen) atoms. The number of aliphatic hydroxyl groups excluding tert-OH is 11. The zero-order chi connectivity index (χ0) is 78.8. The van der Waals surface area contributed by atoms with Crippen molar-refractivity contribution in [3.05, 3.63) is 48.6 Å². The third-order valence-electron chi connectivity index (χ3n) is 22.7. The highest BCUT2D eigenvalue weighted by atomic mass is 16.8. The zero-order valence-corrected chi connectivity index (χ0v) is 69.1. The highest BCUT2D eigenvalue weighted by Crippen LogP contribution is 2.34. The quantitative estimate of drug-likeness (QED) is 0.0199. The van der Waals surface area contributed by atoms with Crippen molar-refractivity contribution in [1.82, 2.24) is 5.32 Å². The molecule has 19 nitrogen and oxygen atoms in total. The van der Waals surface area contributed by atoms with Gasteiger partial charge in [0.2, 0.25) is 5.91 Å². The third kappa shape index (κ3) is 48.8. The molecule has 3 fully saturated rings. The van der Waals surface area contributed by atoms with Gasteiger partial charge in [0.1, 0.15) is 73.2 Å². The fourth-order valence-electron chi connectivity index (χ4n) is 15.5. The van der Waals surface area contributed by atoms with E-state index in [0.29, 0.717) is 12.8 Å². The van der Waals surface area contributed by atoms with E-state index in [2.05, 4.69) is 67.8 Å². The van der Waals surface area contributed by atoms with Crippen molar-refractivity contribution >= 4 is 5.91 Å². The Balaban J connectivity index is 1.30. The molecule has 3 aliphatic rings. The van der Waals surface area contributed by atoms with Gasteiger partial charge in [0.15, 0.2) is 18.9 Å². The Morgan fingerprint density at radius 2 is 0.633 bits per heavy atom. The zero-order valence-electron chi connectivity index (χ0n) is 69.1. The Kier molecular flexibility index (Phi) is 64.8. The maximum atomic E-state index is 13.5. The summed E-state index contributed by atoms with van der Waals surface area (Å²) < 4.78 is 34.6. The molecule has 17 atom stereocenters. The van der Waals surface area contributed by atoms with Crippen LogP contribution in [-0.2, 0) is 33.2 Å². The van der Waals surface area contributed by atoms with Gasteiger partial charge in [-0.15, -0.1) is 0 Å². The average molecular weight is 1550 g/mol. The van der Waals surface area contributed by atoms with Crippen LogP contribution in [0.4, 0.5) is 0 Å². The highest BCUT2D eigenvalue weighted by molar-refractivity contribution is 5.76. The number of unbranched alkanes of at least 4 members (excludes halogenated alkanes) is 50. The summed E-state index contributed by atoms with van der Waals surface area (Å²) in [7, 11) is 0. The second-order valence-corrected chi connectivity index (χ2v) is 32.4. The maximum absolute atomic E-state index is 13.5. The molecule has 0 bridgehead atoms. The average Bonchev–Trinajstić information content (AvgIpc) is 0.760. The third-order valence-corrected chi connectivity index (χ3v) is 22.7. The second kappa shape index (κ2) is 70.0. The molecule has 12 N–H and O–H groups in total. The van der Waals surface area contributed by atoms with Crippen molar-refractivity contribution in [1.29, 1.82) is 0 Å². The molecule has 0 aromatic rings. The Labute approximate surface area is 663 Å². The summed E-state index contributed by atoms with van der Waals surface area (Å²) in [5, 5.41) is 121. The van der Waals surface area contributed by atoms with E-state index in [1.54, 1.807) is 0 Å². The second-order valence-electron chi connectivity index (χ2n) is 32.4. The summed E-state index contributed by atoms with van der Waals surface area (Å²) in [6.45, 7) is 1.76. The summed E-state index contributed by atoms with van der Waals surface area (Å²) >= 11 is 0. The Morgan fingerprint density at radius 1 is 0.339 bits per heavy atom. The van der Waals surface area contributed by atoms with Gasteiger partial charge in [-0.05, 0) is 51.4 Å². The molecule has 3 heterocycles. The van der Waals surface area contributed by atoms with Gasteiger partial charge in [-0.2, -0.15) is 0 Å². The lowest BCUT2D eigenvalue weighted by Gasteiger charge is -2.48. The van der Waals surface area contributed by atoms with Gasteiger partial charge in [-0.25, -0.2) is 0 Å². The van der Waals surface area contributed by atoms with Crippen molar-refractivity contribution < 1.29 is 89.4 Å². The molecule has 3 rings (SSSR count). The predicted octanol–water partition coefficient (Wildman–Crippen LogP) is 17.2. The van der Waals surface area contributed by atoms with Gasteiger partial charge in [0.05, 0.1) is 38.6 Å². The lowest BCUT2D eigenvalue weighted by molar-refractivity contribution is -0.379. The first-order chi connectivity index (χ1) is 53.3. The van der Waals surface area contributed by atoms with Crippen LogP contribution in [0.1, 0.15) is 386 Å². The van der Waals surface area contributed by atoms with E-state index in [0.717, 1.165) is 70.6 Å². The number of carbonyl (C=O) groups is 1. The molecule has 640 valence electrons. The minimum Gasteiger partial charge on any atom is -0.394 e. The smallest absolute Gasteiger partial charge is 0.220 e. The largest absolute Gasteiger partial charge is 0.394 e. The molecule has 17 unspecified atom stereocenters. The number of carbonyl (C=O) groups excluding carboxylic acids is 1. The molecule has 0 aliphatic carbocycles. The molecule has 1 amide bonds. The van der Waals surface area contributed by atoms with Gasteiger partial charge in [-0.3, -0.25) is 4.79 Å². The summed E-state index contributed by atoms with van der Waals surface area (Å²) in [6.07, 6.45) is 63.7. The summed E-state index contributed by atoms with van der Waals surface area (Å²) in [6, 6.07) is -0.888. The van der Waals surface area contributed by atoms with E-state index in [1.807, 2.05) is 0 Å². The van der Waals surface area contributed by atoms with Crippen LogP contribution >= 0.6 is 0 Å². The van der Waals surface area contributed by atoms with Crippen LogP contribution in [0.5, 0.6) is 0 Å². The van der Waals surface area contributed by atoms with E-state index in [9.17, 15) is 61.0 Å². The molecule has 0 spiro atoms. The molecule has 0 saturated carbocycles. The molecule has 0 radical (unpaired) electrons. The van der Waals surface area contributed by atoms with Crippen molar-refractivity contribution in [2.45, 2.75) is 491 Å². The van der Waals surface area contributed by atoms with Gasteiger partial charge < -0.3 is 89.9 Å². The van der Waals surface area contributed by atoms with Crippen molar-refractivity contribution in [2.24, 2.45) is 0 Å². The molecule has 0 aromatic carbocycles. The first kappa shape index (κ1) is 101. The topological polar surface area (TPSA) is 307 Å². The lowest BCUT2D eigenvalue weighted by Crippen LogP contribution is -2.66. The summed E-state index contributed by atoms with van der Waals surface area (Å²) in [5.41, 5.74) is 0. The minimum atomic E-state index is -1.97. The number of nitrogens with one attached hydrogen (secondary N) is 1. The molecule has 0 aromatic heterocycles. The van der Waals surface area contributed by atoms with Gasteiger partial charge >= 0.3 is 0 Å². The van der Waals surface area contributed by atoms with Crippen LogP contribution in [0.3, 0.4) is 0 Å². The number of hydrogen-bond donors (Lipinski definition) is 12. The standard InChI is InChI=1S/C90H167NO18/c1-3-5-7-9-11-13-15-17-19-21-23-25-27-29-31-32-33-34-35-36-37-38-39-40-42-44-46-48-50-52-54-56-58-60-62-64-66-68-78(96)91-73(74(95)67-65-63-61-59-57-55-53-51-49-47-45-43-41-30-28-26-24-22-20-18-16-14-12-10-8-6-4-2)72-104-88-84(102)81(99)86(76(70-93)106-88)109-90-85(103)82(100)87(77(71-94)107-90)108-89-83(101)80(98)79(97)75(69-92)105-89/h5,7,11,13,17,19,23,25,73-77,79-90,92-95,97-103H,3-4,6,8-10,12,14-16,18,20-22,24,26-72H2,1-2H3,(H,91,96)/b7-5-,13-11-,19-17-,25-23-. The Morgan fingerprint density at radius 3 is 0.991 bits per heavy atom. The van der Waals surface area contributed by atoms with Gasteiger partial charge in [-0.1, -0.05) is 377 Å².